The number of halogens is 1. The standard InChI is InChI=1S/C20H26ClN7O2/c1-12(2)10-23-19(30)13(3)27(14(4)29)20-15(9-22)11-24-28(20)18-17(21)16-7-5-6-8-26(16)25-18/h11-13H,5-8,10H2,1-4H3,(H,23,30). The number of aromatic nitrogens is 4. The SMILES string of the molecule is CC(=O)N(c1c(C#N)cnn1-c1nn2c(c1Cl)CCCC2)C(C)C(=O)NCC(C)C. The van der Waals surface area contributed by atoms with Crippen LogP contribution in [0.15, 0.2) is 6.20 Å². The van der Waals surface area contributed by atoms with Crippen LogP contribution in [0, 0.1) is 17.2 Å². The van der Waals surface area contributed by atoms with Crippen molar-refractivity contribution in [3.8, 4) is 11.9 Å². The smallest absolute Gasteiger partial charge is 0.242 e. The quantitative estimate of drug-likeness (QED) is 0.755. The number of rotatable bonds is 6. The predicted molar refractivity (Wildman–Crippen MR) is 112 cm³/mol. The van der Waals surface area contributed by atoms with E-state index < -0.39 is 6.04 Å². The topological polar surface area (TPSA) is 109 Å². The summed E-state index contributed by atoms with van der Waals surface area (Å²) in [5.74, 6) is 0.106. The molecule has 30 heavy (non-hydrogen) atoms. The zero-order valence-electron chi connectivity index (χ0n) is 17.6. The molecule has 1 atom stereocenters. The van der Waals surface area contributed by atoms with E-state index in [1.54, 1.807) is 6.92 Å². The molecule has 10 heteroatoms. The van der Waals surface area contributed by atoms with Crippen LogP contribution in [0.5, 0.6) is 0 Å². The Labute approximate surface area is 180 Å². The van der Waals surface area contributed by atoms with Crippen molar-refractivity contribution < 1.29 is 9.59 Å². The van der Waals surface area contributed by atoms with Gasteiger partial charge in [0.05, 0.1) is 11.9 Å². The highest BCUT2D eigenvalue weighted by Crippen LogP contribution is 2.33. The average molecular weight is 432 g/mol. The summed E-state index contributed by atoms with van der Waals surface area (Å²) in [5.41, 5.74) is 1.07. The number of nitriles is 1. The summed E-state index contributed by atoms with van der Waals surface area (Å²) in [6.45, 7) is 8.18. The highest BCUT2D eigenvalue weighted by molar-refractivity contribution is 6.33. The molecule has 2 aromatic rings. The molecule has 3 rings (SSSR count). The number of carbonyl (C=O) groups excluding carboxylic acids is 2. The molecule has 0 saturated carbocycles. The van der Waals surface area contributed by atoms with E-state index in [2.05, 4.69) is 21.6 Å². The Morgan fingerprint density at radius 2 is 2.10 bits per heavy atom. The van der Waals surface area contributed by atoms with Crippen LogP contribution >= 0.6 is 11.6 Å². The third-order valence-electron chi connectivity index (χ3n) is 5.09. The van der Waals surface area contributed by atoms with E-state index in [-0.39, 0.29) is 29.1 Å². The fourth-order valence-electron chi connectivity index (χ4n) is 3.56. The van der Waals surface area contributed by atoms with Gasteiger partial charge in [-0.15, -0.1) is 0 Å². The first-order valence-electron chi connectivity index (χ1n) is 10.1. The molecule has 0 fully saturated rings. The van der Waals surface area contributed by atoms with Crippen LogP contribution in [0.25, 0.3) is 5.82 Å². The minimum atomic E-state index is -0.847. The molecule has 1 N–H and O–H groups in total. The minimum absolute atomic E-state index is 0.163. The highest BCUT2D eigenvalue weighted by atomic mass is 35.5. The Hall–Kier alpha value is -2.86. The summed E-state index contributed by atoms with van der Waals surface area (Å²) in [6.07, 6.45) is 4.19. The van der Waals surface area contributed by atoms with Crippen LogP contribution in [0.3, 0.4) is 0 Å². The number of nitrogens with one attached hydrogen (secondary N) is 1. The van der Waals surface area contributed by atoms with Gasteiger partial charge in [0.25, 0.3) is 0 Å². The van der Waals surface area contributed by atoms with Gasteiger partial charge in [-0.25, -0.2) is 0 Å². The number of fused-ring (bicyclic) bond motifs is 1. The molecular weight excluding hydrogens is 406 g/mol. The third-order valence-corrected chi connectivity index (χ3v) is 5.48. The van der Waals surface area contributed by atoms with Crippen LogP contribution in [-0.2, 0) is 22.6 Å². The molecule has 1 aliphatic heterocycles. The molecule has 1 aliphatic rings. The largest absolute Gasteiger partial charge is 0.354 e. The van der Waals surface area contributed by atoms with E-state index >= 15 is 0 Å². The van der Waals surface area contributed by atoms with Crippen LogP contribution in [0.1, 0.15) is 51.8 Å². The molecule has 0 aromatic carbocycles. The number of amides is 2. The monoisotopic (exact) mass is 431 g/mol. The second-order valence-electron chi connectivity index (χ2n) is 7.87. The van der Waals surface area contributed by atoms with E-state index in [1.165, 1.54) is 22.7 Å². The van der Waals surface area contributed by atoms with Crippen molar-refractivity contribution in [3.05, 3.63) is 22.5 Å². The lowest BCUT2D eigenvalue weighted by Crippen LogP contribution is -2.49. The lowest BCUT2D eigenvalue weighted by molar-refractivity contribution is -0.125. The third kappa shape index (κ3) is 4.05. The lowest BCUT2D eigenvalue weighted by atomic mass is 10.1. The highest BCUT2D eigenvalue weighted by Gasteiger charge is 2.33. The molecule has 160 valence electrons. The Morgan fingerprint density at radius 3 is 2.70 bits per heavy atom. The van der Waals surface area contributed by atoms with Gasteiger partial charge in [-0.2, -0.15) is 20.1 Å². The molecule has 0 spiro atoms. The Balaban J connectivity index is 2.07. The van der Waals surface area contributed by atoms with Gasteiger partial charge in [0, 0.05) is 20.0 Å². The Bertz CT molecular complexity index is 1000. The molecule has 0 radical (unpaired) electrons. The molecular formula is C20H26ClN7O2. The molecule has 9 nitrogen and oxygen atoms in total. The summed E-state index contributed by atoms with van der Waals surface area (Å²) < 4.78 is 3.23. The number of hydrogen-bond acceptors (Lipinski definition) is 5. The summed E-state index contributed by atoms with van der Waals surface area (Å²) in [7, 11) is 0. The minimum Gasteiger partial charge on any atom is -0.354 e. The van der Waals surface area contributed by atoms with Crippen LogP contribution in [0.2, 0.25) is 5.02 Å². The first-order valence-corrected chi connectivity index (χ1v) is 10.4. The first-order chi connectivity index (χ1) is 14.3. The maximum Gasteiger partial charge on any atom is 0.242 e. The maximum atomic E-state index is 12.7. The number of nitrogens with zero attached hydrogens (tertiary/aromatic N) is 6. The van der Waals surface area contributed by atoms with Gasteiger partial charge in [-0.05, 0) is 32.1 Å². The van der Waals surface area contributed by atoms with Gasteiger partial charge in [0.2, 0.25) is 11.8 Å². The second kappa shape index (κ2) is 8.88. The summed E-state index contributed by atoms with van der Waals surface area (Å²) in [4.78, 5) is 26.6. The van der Waals surface area contributed by atoms with Crippen molar-refractivity contribution in [2.75, 3.05) is 11.4 Å². The van der Waals surface area contributed by atoms with Crippen molar-refractivity contribution in [1.82, 2.24) is 24.9 Å². The Kier molecular flexibility index (Phi) is 6.46. The van der Waals surface area contributed by atoms with E-state index in [4.69, 9.17) is 11.6 Å². The molecule has 3 heterocycles. The van der Waals surface area contributed by atoms with Gasteiger partial charge < -0.3 is 5.32 Å². The number of anilines is 1. The lowest BCUT2D eigenvalue weighted by Gasteiger charge is -2.28. The van der Waals surface area contributed by atoms with Crippen molar-refractivity contribution in [2.24, 2.45) is 5.92 Å². The number of carbonyl (C=O) groups is 2. The summed E-state index contributed by atoms with van der Waals surface area (Å²) in [5, 5.41) is 21.8. The van der Waals surface area contributed by atoms with Crippen molar-refractivity contribution in [1.29, 1.82) is 5.26 Å². The second-order valence-corrected chi connectivity index (χ2v) is 8.25. The fourth-order valence-corrected chi connectivity index (χ4v) is 3.87. The average Bonchev–Trinajstić information content (AvgIpc) is 3.27. The van der Waals surface area contributed by atoms with Crippen molar-refractivity contribution in [2.45, 2.75) is 59.5 Å². The number of aryl methyl sites for hydroxylation is 1. The van der Waals surface area contributed by atoms with Crippen LogP contribution in [-0.4, -0.2) is 44.0 Å². The number of hydrogen-bond donors (Lipinski definition) is 1. The maximum absolute atomic E-state index is 12.7. The van der Waals surface area contributed by atoms with Crippen LogP contribution < -0.4 is 10.2 Å². The van der Waals surface area contributed by atoms with E-state index in [1.807, 2.05) is 18.5 Å². The molecule has 1 unspecified atom stereocenters. The summed E-state index contributed by atoms with van der Waals surface area (Å²) >= 11 is 6.60. The van der Waals surface area contributed by atoms with E-state index in [0.717, 1.165) is 31.5 Å². The van der Waals surface area contributed by atoms with Gasteiger partial charge in [0.1, 0.15) is 22.7 Å². The van der Waals surface area contributed by atoms with Gasteiger partial charge in [-0.1, -0.05) is 25.4 Å². The fraction of sp³-hybridized carbons (Fsp3) is 0.550. The molecule has 2 amide bonds. The van der Waals surface area contributed by atoms with E-state index in [9.17, 15) is 14.9 Å². The van der Waals surface area contributed by atoms with Gasteiger partial charge in [0.15, 0.2) is 11.6 Å². The predicted octanol–water partition coefficient (Wildman–Crippen LogP) is 2.44. The van der Waals surface area contributed by atoms with Crippen molar-refractivity contribution in [3.63, 3.8) is 0 Å². The van der Waals surface area contributed by atoms with Crippen LogP contribution in [0.4, 0.5) is 5.82 Å². The molecule has 2 aromatic heterocycles. The zero-order valence-corrected chi connectivity index (χ0v) is 18.4. The van der Waals surface area contributed by atoms with Gasteiger partial charge >= 0.3 is 0 Å². The molecule has 0 bridgehead atoms. The van der Waals surface area contributed by atoms with E-state index in [0.29, 0.717) is 17.4 Å². The first kappa shape index (κ1) is 21.8. The van der Waals surface area contributed by atoms with Crippen molar-refractivity contribution >= 4 is 29.2 Å². The zero-order chi connectivity index (χ0) is 22.0. The molecule has 0 aliphatic carbocycles. The molecule has 0 saturated heterocycles. The summed E-state index contributed by atoms with van der Waals surface area (Å²) in [6, 6.07) is 1.21. The normalized spacial score (nSPS) is 14.2. The van der Waals surface area contributed by atoms with Gasteiger partial charge in [-0.3, -0.25) is 19.2 Å². The Morgan fingerprint density at radius 1 is 1.37 bits per heavy atom.